The molecule has 2 rings (SSSR count). The summed E-state index contributed by atoms with van der Waals surface area (Å²) >= 11 is 0. The Morgan fingerprint density at radius 3 is 2.56 bits per heavy atom. The Morgan fingerprint density at radius 2 is 1.92 bits per heavy atom. The molecule has 0 radical (unpaired) electrons. The van der Waals surface area contributed by atoms with E-state index in [-0.39, 0.29) is 5.75 Å². The van der Waals surface area contributed by atoms with Crippen LogP contribution in [0.2, 0.25) is 0 Å². The molecule has 0 spiro atoms. The number of phenolic OH excluding ortho intramolecular Hbond substituents is 1. The van der Waals surface area contributed by atoms with Crippen LogP contribution in [0.4, 0.5) is 14.5 Å². The van der Waals surface area contributed by atoms with E-state index in [2.05, 4.69) is 15.4 Å². The fraction of sp³-hybridized carbons (Fsp3) is 0.222. The minimum atomic E-state index is -0.882. The second-order valence-electron chi connectivity index (χ2n) is 5.24. The third-order valence-electron chi connectivity index (χ3n) is 3.69. The topological polar surface area (TPSA) is 64.9 Å². The fourth-order valence-electron chi connectivity index (χ4n) is 2.32. The second kappa shape index (κ2) is 8.23. The van der Waals surface area contributed by atoms with Gasteiger partial charge in [-0.3, -0.25) is 4.79 Å². The molecule has 0 fully saturated rings. The number of aromatic hydroxyl groups is 1. The summed E-state index contributed by atoms with van der Waals surface area (Å²) in [5.41, 5.74) is 2.91. The number of carbonyl (C=O) groups excluding carboxylic acids is 1. The Labute approximate surface area is 144 Å². The van der Waals surface area contributed by atoms with E-state index in [0.717, 1.165) is 37.0 Å². The Morgan fingerprint density at radius 1 is 1.20 bits per heavy atom. The van der Waals surface area contributed by atoms with Crippen molar-refractivity contribution in [2.24, 2.45) is 5.10 Å². The van der Waals surface area contributed by atoms with Crippen molar-refractivity contribution < 1.29 is 18.7 Å². The fourth-order valence-corrected chi connectivity index (χ4v) is 2.32. The number of amides is 1. The summed E-state index contributed by atoms with van der Waals surface area (Å²) in [5, 5.41) is 13.7. The Hall–Kier alpha value is -2.96. The van der Waals surface area contributed by atoms with Crippen LogP contribution in [0.3, 0.4) is 0 Å². The van der Waals surface area contributed by atoms with Gasteiger partial charge in [0.1, 0.15) is 17.4 Å². The van der Waals surface area contributed by atoms with E-state index in [0.29, 0.717) is 5.56 Å². The predicted molar refractivity (Wildman–Crippen MR) is 93.1 cm³/mol. The number of phenols is 1. The van der Waals surface area contributed by atoms with Crippen LogP contribution >= 0.6 is 0 Å². The standard InChI is InChI=1S/C18H19F2N3O2/c1-3-23(4-2)14-7-5-12(17(24)10-14)11-21-22-18(25)15-9-13(19)6-8-16(15)20/h5-11,24H,3-4H2,1-2H3,(H,22,25)/b21-11+. The molecule has 0 saturated carbocycles. The minimum absolute atomic E-state index is 0.000616. The highest BCUT2D eigenvalue weighted by molar-refractivity contribution is 5.95. The van der Waals surface area contributed by atoms with E-state index in [1.165, 1.54) is 6.21 Å². The molecule has 132 valence electrons. The quantitative estimate of drug-likeness (QED) is 0.623. The monoisotopic (exact) mass is 347 g/mol. The molecule has 5 nitrogen and oxygen atoms in total. The molecular formula is C18H19F2N3O2. The zero-order chi connectivity index (χ0) is 18.4. The number of hydrazone groups is 1. The van der Waals surface area contributed by atoms with Crippen molar-refractivity contribution in [3.63, 3.8) is 0 Å². The highest BCUT2D eigenvalue weighted by atomic mass is 19.1. The van der Waals surface area contributed by atoms with Crippen molar-refractivity contribution in [3.8, 4) is 5.75 Å². The van der Waals surface area contributed by atoms with Gasteiger partial charge in [0.2, 0.25) is 0 Å². The number of anilines is 1. The molecule has 0 aromatic heterocycles. The Balaban J connectivity index is 2.09. The lowest BCUT2D eigenvalue weighted by Crippen LogP contribution is -2.21. The largest absolute Gasteiger partial charge is 0.507 e. The Bertz CT molecular complexity index is 790. The van der Waals surface area contributed by atoms with Crippen LogP contribution in [0.5, 0.6) is 5.75 Å². The third-order valence-corrected chi connectivity index (χ3v) is 3.69. The molecule has 25 heavy (non-hydrogen) atoms. The summed E-state index contributed by atoms with van der Waals surface area (Å²) in [6.07, 6.45) is 1.23. The van der Waals surface area contributed by atoms with Gasteiger partial charge < -0.3 is 10.0 Å². The first-order chi connectivity index (χ1) is 12.0. The maximum absolute atomic E-state index is 13.5. The summed E-state index contributed by atoms with van der Waals surface area (Å²) in [4.78, 5) is 13.9. The van der Waals surface area contributed by atoms with Crippen LogP contribution in [-0.4, -0.2) is 30.3 Å². The highest BCUT2D eigenvalue weighted by Crippen LogP contribution is 2.23. The van der Waals surface area contributed by atoms with Crippen molar-refractivity contribution in [1.82, 2.24) is 5.43 Å². The van der Waals surface area contributed by atoms with Gasteiger partial charge in [0.05, 0.1) is 11.8 Å². The molecule has 0 heterocycles. The van der Waals surface area contributed by atoms with Crippen molar-refractivity contribution in [1.29, 1.82) is 0 Å². The number of halogens is 2. The van der Waals surface area contributed by atoms with Crippen LogP contribution in [0.25, 0.3) is 0 Å². The molecule has 0 aliphatic heterocycles. The molecule has 0 aliphatic rings. The minimum Gasteiger partial charge on any atom is -0.507 e. The number of nitrogens with one attached hydrogen (secondary N) is 1. The van der Waals surface area contributed by atoms with Gasteiger partial charge in [0.25, 0.3) is 5.91 Å². The number of hydrogen-bond acceptors (Lipinski definition) is 4. The van der Waals surface area contributed by atoms with Crippen molar-refractivity contribution in [3.05, 3.63) is 59.2 Å². The van der Waals surface area contributed by atoms with Crippen molar-refractivity contribution in [2.75, 3.05) is 18.0 Å². The van der Waals surface area contributed by atoms with Gasteiger partial charge >= 0.3 is 0 Å². The molecule has 0 bridgehead atoms. The van der Waals surface area contributed by atoms with Crippen molar-refractivity contribution >= 4 is 17.8 Å². The van der Waals surface area contributed by atoms with Gasteiger partial charge in [-0.05, 0) is 44.2 Å². The number of benzene rings is 2. The molecule has 1 amide bonds. The summed E-state index contributed by atoms with van der Waals surface area (Å²) in [6.45, 7) is 5.63. The average Bonchev–Trinajstić information content (AvgIpc) is 2.59. The SMILES string of the molecule is CCN(CC)c1ccc(/C=N/NC(=O)c2cc(F)ccc2F)c(O)c1. The Kier molecular flexibility index (Phi) is 6.05. The predicted octanol–water partition coefficient (Wildman–Crippen LogP) is 3.28. The molecule has 0 saturated heterocycles. The zero-order valence-corrected chi connectivity index (χ0v) is 14.0. The van der Waals surface area contributed by atoms with Gasteiger partial charge in [0, 0.05) is 30.4 Å². The number of rotatable bonds is 6. The van der Waals surface area contributed by atoms with Gasteiger partial charge in [0.15, 0.2) is 0 Å². The summed E-state index contributed by atoms with van der Waals surface area (Å²) in [5.74, 6) is -2.45. The van der Waals surface area contributed by atoms with Gasteiger partial charge in [-0.15, -0.1) is 0 Å². The van der Waals surface area contributed by atoms with E-state index in [9.17, 15) is 18.7 Å². The lowest BCUT2D eigenvalue weighted by Gasteiger charge is -2.21. The zero-order valence-electron chi connectivity index (χ0n) is 14.0. The number of hydrogen-bond donors (Lipinski definition) is 2. The molecule has 0 atom stereocenters. The lowest BCUT2D eigenvalue weighted by molar-refractivity contribution is 0.0950. The smallest absolute Gasteiger partial charge is 0.274 e. The molecule has 0 unspecified atom stereocenters. The van der Waals surface area contributed by atoms with Crippen LogP contribution in [-0.2, 0) is 0 Å². The first-order valence-corrected chi connectivity index (χ1v) is 7.82. The number of carbonyl (C=O) groups is 1. The average molecular weight is 347 g/mol. The van der Waals surface area contributed by atoms with Crippen LogP contribution in [0, 0.1) is 11.6 Å². The van der Waals surface area contributed by atoms with Crippen LogP contribution < -0.4 is 10.3 Å². The normalized spacial score (nSPS) is 10.9. The van der Waals surface area contributed by atoms with Gasteiger partial charge in [-0.2, -0.15) is 5.10 Å². The molecule has 7 heteroatoms. The molecular weight excluding hydrogens is 328 g/mol. The molecule has 2 aromatic rings. The van der Waals surface area contributed by atoms with E-state index in [4.69, 9.17) is 0 Å². The summed E-state index contributed by atoms with van der Waals surface area (Å²) < 4.78 is 26.6. The lowest BCUT2D eigenvalue weighted by atomic mass is 10.2. The molecule has 2 aromatic carbocycles. The van der Waals surface area contributed by atoms with Crippen LogP contribution in [0.1, 0.15) is 29.8 Å². The first-order valence-electron chi connectivity index (χ1n) is 7.82. The summed E-state index contributed by atoms with van der Waals surface area (Å²) in [7, 11) is 0. The maximum atomic E-state index is 13.5. The van der Waals surface area contributed by atoms with E-state index in [1.54, 1.807) is 12.1 Å². The van der Waals surface area contributed by atoms with Crippen LogP contribution in [0.15, 0.2) is 41.5 Å². The maximum Gasteiger partial charge on any atom is 0.274 e. The third kappa shape index (κ3) is 4.53. The highest BCUT2D eigenvalue weighted by Gasteiger charge is 2.12. The van der Waals surface area contributed by atoms with E-state index >= 15 is 0 Å². The van der Waals surface area contributed by atoms with E-state index < -0.39 is 23.1 Å². The van der Waals surface area contributed by atoms with Gasteiger partial charge in [-0.1, -0.05) is 0 Å². The first kappa shape index (κ1) is 18.4. The van der Waals surface area contributed by atoms with Gasteiger partial charge in [-0.25, -0.2) is 14.2 Å². The summed E-state index contributed by atoms with van der Waals surface area (Å²) in [6, 6.07) is 7.65. The van der Waals surface area contributed by atoms with Crippen molar-refractivity contribution in [2.45, 2.75) is 13.8 Å². The molecule has 2 N–H and O–H groups in total. The molecule has 0 aliphatic carbocycles. The van der Waals surface area contributed by atoms with E-state index in [1.807, 2.05) is 19.9 Å². The second-order valence-corrected chi connectivity index (χ2v) is 5.24. The number of nitrogens with zero attached hydrogens (tertiary/aromatic N) is 2.